The zero-order chi connectivity index (χ0) is 18.3. The van der Waals surface area contributed by atoms with Crippen molar-refractivity contribution in [1.82, 2.24) is 0 Å². The van der Waals surface area contributed by atoms with Gasteiger partial charge in [0, 0.05) is 0 Å². The van der Waals surface area contributed by atoms with E-state index in [2.05, 4.69) is 6.92 Å². The Labute approximate surface area is 198 Å². The number of rotatable bonds is 9. The van der Waals surface area contributed by atoms with Crippen LogP contribution in [0.25, 0.3) is 0 Å². The molecule has 0 aliphatic heterocycles. The molecule has 0 saturated heterocycles. The number of unbranched alkanes of at least 4 members (excludes halogenated alkanes) is 4. The predicted molar refractivity (Wildman–Crippen MR) is 94.7 cm³/mol. The second-order valence-electron chi connectivity index (χ2n) is 5.97. The second kappa shape index (κ2) is 11.4. The van der Waals surface area contributed by atoms with Gasteiger partial charge in [0.1, 0.15) is 16.4 Å². The summed E-state index contributed by atoms with van der Waals surface area (Å²) in [6.07, 6.45) is 6.43. The minimum absolute atomic E-state index is 0. The Morgan fingerprint density at radius 3 is 2.35 bits per heavy atom. The molecule has 2 aromatic rings. The Morgan fingerprint density at radius 2 is 1.69 bits per heavy atom. The fraction of sp³-hybridized carbons (Fsp3) is 0.368. The van der Waals surface area contributed by atoms with Crippen molar-refractivity contribution in [3.63, 3.8) is 0 Å². The summed E-state index contributed by atoms with van der Waals surface area (Å²) in [5.74, 6) is -0.363. The molecule has 1 N–H and O–H groups in total. The van der Waals surface area contributed by atoms with Crippen molar-refractivity contribution < 1.29 is 74.2 Å². The van der Waals surface area contributed by atoms with Gasteiger partial charge >= 0.3 is 51.4 Å². The zero-order valence-electron chi connectivity index (χ0n) is 15.3. The van der Waals surface area contributed by atoms with Gasteiger partial charge in [-0.05, 0) is 36.6 Å². The number of hydrogen-bond acceptors (Lipinski definition) is 4. The smallest absolute Gasteiger partial charge is 0.870 e. The van der Waals surface area contributed by atoms with Crippen LogP contribution >= 0.6 is 0 Å². The van der Waals surface area contributed by atoms with Crippen LogP contribution in [0, 0.1) is 0 Å². The van der Waals surface area contributed by atoms with Crippen LogP contribution < -0.4 is 61.2 Å². The topological polar surface area (TPSA) is 86.7 Å². The maximum Gasteiger partial charge on any atom is 1.00 e. The fourth-order valence-electron chi connectivity index (χ4n) is 2.59. The molecular formula is C19H23KO5S. The van der Waals surface area contributed by atoms with Crippen molar-refractivity contribution in [3.8, 4) is 17.2 Å². The normalized spacial score (nSPS) is 11.0. The Bertz CT molecular complexity index is 805. The molecule has 26 heavy (non-hydrogen) atoms. The third kappa shape index (κ3) is 7.30. The monoisotopic (exact) mass is 402 g/mol. The van der Waals surface area contributed by atoms with Crippen LogP contribution in [0.4, 0.5) is 0 Å². The largest absolute Gasteiger partial charge is 1.00 e. The third-order valence-corrected chi connectivity index (χ3v) is 4.82. The molecule has 136 valence electrons. The number of ether oxygens (including phenoxy) is 1. The van der Waals surface area contributed by atoms with E-state index in [1.807, 2.05) is 0 Å². The Kier molecular flexibility index (Phi) is 10.4. The van der Waals surface area contributed by atoms with Gasteiger partial charge in [-0.25, -0.2) is 0 Å². The summed E-state index contributed by atoms with van der Waals surface area (Å²) >= 11 is 0. The quantitative estimate of drug-likeness (QED) is 0.388. The first kappa shape index (κ1) is 23.6. The molecule has 0 radical (unpaired) electrons. The fourth-order valence-corrected chi connectivity index (χ4v) is 3.18. The van der Waals surface area contributed by atoms with Gasteiger partial charge in [-0.1, -0.05) is 62.6 Å². The molecule has 0 spiro atoms. The van der Waals surface area contributed by atoms with Gasteiger partial charge < -0.3 is 9.84 Å². The molecule has 0 unspecified atom stereocenters. The molecule has 0 saturated carbocycles. The maximum absolute atomic E-state index is 11.8. The molecule has 0 aliphatic carbocycles. The van der Waals surface area contributed by atoms with Gasteiger partial charge in [0.05, 0.1) is 0 Å². The van der Waals surface area contributed by atoms with Crippen molar-refractivity contribution >= 4 is 10.1 Å². The van der Waals surface area contributed by atoms with Crippen molar-refractivity contribution in [2.24, 2.45) is 0 Å². The molecule has 0 heterocycles. The van der Waals surface area contributed by atoms with Crippen LogP contribution in [-0.4, -0.2) is 13.0 Å². The zero-order valence-corrected chi connectivity index (χ0v) is 19.2. The third-order valence-electron chi connectivity index (χ3n) is 3.92. The van der Waals surface area contributed by atoms with E-state index in [9.17, 15) is 18.1 Å². The molecule has 0 bridgehead atoms. The molecule has 0 fully saturated rings. The Morgan fingerprint density at radius 1 is 1.00 bits per heavy atom. The first-order valence-corrected chi connectivity index (χ1v) is 9.90. The van der Waals surface area contributed by atoms with Crippen LogP contribution in [0.3, 0.4) is 0 Å². The minimum atomic E-state index is -4.44. The molecule has 0 aromatic heterocycles. The van der Waals surface area contributed by atoms with Gasteiger partial charge in [0.25, 0.3) is 10.1 Å². The summed E-state index contributed by atoms with van der Waals surface area (Å²) in [5, 5.41) is 11.8. The molecule has 0 atom stereocenters. The van der Waals surface area contributed by atoms with E-state index in [1.54, 1.807) is 24.3 Å². The van der Waals surface area contributed by atoms with Crippen molar-refractivity contribution in [3.05, 3.63) is 48.0 Å². The maximum atomic E-state index is 11.8. The minimum Gasteiger partial charge on any atom is -0.870 e. The van der Waals surface area contributed by atoms with Gasteiger partial charge in [0.15, 0.2) is 0 Å². The molecule has 0 aliphatic rings. The second-order valence-corrected chi connectivity index (χ2v) is 7.36. The number of aryl methyl sites for hydroxylation is 1. The Balaban J connectivity index is 0.00000338. The SMILES string of the molecule is CCCCCCCc1ccc(S(=O)(=O)O)c(Oc2ccccc2[O-])c1.[K+]. The predicted octanol–water partition coefficient (Wildman–Crippen LogP) is 1.32. The van der Waals surface area contributed by atoms with E-state index in [0.29, 0.717) is 0 Å². The van der Waals surface area contributed by atoms with Gasteiger partial charge in [0.2, 0.25) is 0 Å². The van der Waals surface area contributed by atoms with Gasteiger partial charge in [-0.2, -0.15) is 8.42 Å². The molecule has 0 amide bonds. The van der Waals surface area contributed by atoms with E-state index in [0.717, 1.165) is 24.8 Å². The number of benzene rings is 2. The first-order valence-electron chi connectivity index (χ1n) is 8.46. The Hall–Kier alpha value is -0.414. The average molecular weight is 403 g/mol. The van der Waals surface area contributed by atoms with Crippen LogP contribution in [0.1, 0.15) is 44.6 Å². The summed E-state index contributed by atoms with van der Waals surface area (Å²) in [7, 11) is -4.44. The van der Waals surface area contributed by atoms with E-state index in [-0.39, 0.29) is 73.5 Å². The summed E-state index contributed by atoms with van der Waals surface area (Å²) in [5.41, 5.74) is 0.905. The van der Waals surface area contributed by atoms with Gasteiger partial charge in [-0.15, -0.1) is 0 Å². The van der Waals surface area contributed by atoms with E-state index >= 15 is 0 Å². The molecule has 2 rings (SSSR count). The molecule has 2 aromatic carbocycles. The average Bonchev–Trinajstić information content (AvgIpc) is 2.56. The molecular weight excluding hydrogens is 379 g/mol. The summed E-state index contributed by atoms with van der Waals surface area (Å²) in [6.45, 7) is 2.16. The first-order chi connectivity index (χ1) is 11.9. The van der Waals surface area contributed by atoms with Gasteiger partial charge in [-0.3, -0.25) is 4.55 Å². The summed E-state index contributed by atoms with van der Waals surface area (Å²) in [6, 6.07) is 10.6. The number of hydrogen-bond donors (Lipinski definition) is 1. The van der Waals surface area contributed by atoms with Crippen molar-refractivity contribution in [2.45, 2.75) is 50.3 Å². The van der Waals surface area contributed by atoms with Crippen LogP contribution in [0.15, 0.2) is 47.4 Å². The number of para-hydroxylation sites is 2. The van der Waals surface area contributed by atoms with E-state index in [1.165, 1.54) is 37.5 Å². The van der Waals surface area contributed by atoms with Crippen LogP contribution in [0.5, 0.6) is 17.2 Å². The molecule has 7 heteroatoms. The van der Waals surface area contributed by atoms with Crippen molar-refractivity contribution in [2.75, 3.05) is 0 Å². The molecule has 5 nitrogen and oxygen atoms in total. The van der Waals surface area contributed by atoms with Crippen molar-refractivity contribution in [1.29, 1.82) is 0 Å². The van der Waals surface area contributed by atoms with E-state index < -0.39 is 10.1 Å². The summed E-state index contributed by atoms with van der Waals surface area (Å²) < 4.78 is 38.0. The summed E-state index contributed by atoms with van der Waals surface area (Å²) in [4.78, 5) is -0.342. The standard InChI is InChI=1S/C19H24O5S.K/c1-2-3-4-5-6-9-15-12-13-19(25(21,22)23)18(14-15)24-17-11-8-7-10-16(17)20;/h7-8,10-14,20H,2-6,9H2,1H3,(H,21,22,23);/q;+1/p-1. The van der Waals surface area contributed by atoms with E-state index in [4.69, 9.17) is 4.74 Å². The van der Waals surface area contributed by atoms with Crippen LogP contribution in [-0.2, 0) is 16.5 Å². The van der Waals surface area contributed by atoms with Crippen LogP contribution in [0.2, 0.25) is 0 Å².